The van der Waals surface area contributed by atoms with Crippen molar-refractivity contribution >= 4 is 35.1 Å². The Bertz CT molecular complexity index is 744. The molecule has 0 N–H and O–H groups in total. The fraction of sp³-hybridized carbons (Fsp3) is 0. The topological polar surface area (TPSA) is 86.3 Å². The Morgan fingerprint density at radius 1 is 0.952 bits per heavy atom. The maximum atomic E-state index is 11.0. The SMILES string of the molecule is O=[N+]([O-])c1ccc(/C=C/c2cccc(Cl)c2)c([N+](=O)[O-])c1. The molecule has 2 aromatic carbocycles. The van der Waals surface area contributed by atoms with Gasteiger partial charge in [0.1, 0.15) is 0 Å². The molecule has 6 nitrogen and oxygen atoms in total. The molecule has 7 heteroatoms. The summed E-state index contributed by atoms with van der Waals surface area (Å²) in [6, 6.07) is 10.5. The monoisotopic (exact) mass is 304 g/mol. The molecule has 0 bridgehead atoms. The second-order valence-electron chi connectivity index (χ2n) is 4.15. The van der Waals surface area contributed by atoms with Crippen molar-refractivity contribution in [3.63, 3.8) is 0 Å². The van der Waals surface area contributed by atoms with Crippen LogP contribution in [0.3, 0.4) is 0 Å². The number of nitro groups is 2. The van der Waals surface area contributed by atoms with E-state index < -0.39 is 9.85 Å². The van der Waals surface area contributed by atoms with Crippen molar-refractivity contribution in [2.24, 2.45) is 0 Å². The molecule has 0 aliphatic rings. The molecule has 2 aromatic rings. The first-order valence-corrected chi connectivity index (χ1v) is 6.21. The van der Waals surface area contributed by atoms with Gasteiger partial charge in [-0.2, -0.15) is 0 Å². The van der Waals surface area contributed by atoms with E-state index in [-0.39, 0.29) is 16.9 Å². The van der Waals surface area contributed by atoms with Crippen LogP contribution in [-0.2, 0) is 0 Å². The Labute approximate surface area is 124 Å². The molecule has 0 amide bonds. The van der Waals surface area contributed by atoms with Gasteiger partial charge in [0.05, 0.1) is 21.5 Å². The van der Waals surface area contributed by atoms with Gasteiger partial charge in [0, 0.05) is 11.1 Å². The van der Waals surface area contributed by atoms with Gasteiger partial charge in [0.15, 0.2) is 0 Å². The molecule has 0 atom stereocenters. The Morgan fingerprint density at radius 3 is 2.33 bits per heavy atom. The van der Waals surface area contributed by atoms with Crippen molar-refractivity contribution in [1.82, 2.24) is 0 Å². The Kier molecular flexibility index (Phi) is 4.30. The molecule has 106 valence electrons. The quantitative estimate of drug-likeness (QED) is 0.478. The third-order valence-corrected chi connectivity index (χ3v) is 2.96. The number of nitrogens with zero attached hydrogens (tertiary/aromatic N) is 2. The van der Waals surface area contributed by atoms with Crippen molar-refractivity contribution in [1.29, 1.82) is 0 Å². The molecule has 0 aliphatic heterocycles. The van der Waals surface area contributed by atoms with Gasteiger partial charge in [-0.25, -0.2) is 0 Å². The summed E-state index contributed by atoms with van der Waals surface area (Å²) in [5.41, 5.74) is 0.421. The number of non-ortho nitro benzene ring substituents is 1. The smallest absolute Gasteiger partial charge is 0.258 e. The molecule has 0 radical (unpaired) electrons. The Morgan fingerprint density at radius 2 is 1.71 bits per heavy atom. The Hall–Kier alpha value is -2.73. The lowest BCUT2D eigenvalue weighted by atomic mass is 10.1. The maximum absolute atomic E-state index is 11.0. The van der Waals surface area contributed by atoms with Crippen LogP contribution >= 0.6 is 11.6 Å². The lowest BCUT2D eigenvalue weighted by Gasteiger charge is -1.98. The highest BCUT2D eigenvalue weighted by molar-refractivity contribution is 6.30. The van der Waals surface area contributed by atoms with E-state index in [4.69, 9.17) is 11.6 Å². The third kappa shape index (κ3) is 3.64. The zero-order chi connectivity index (χ0) is 15.4. The van der Waals surface area contributed by atoms with Crippen LogP contribution in [0.5, 0.6) is 0 Å². The molecule has 0 aromatic heterocycles. The lowest BCUT2D eigenvalue weighted by Crippen LogP contribution is -1.94. The minimum absolute atomic E-state index is 0.283. The fourth-order valence-electron chi connectivity index (χ4n) is 1.74. The largest absolute Gasteiger partial charge is 0.283 e. The maximum Gasteiger partial charge on any atom is 0.283 e. The number of hydrogen-bond acceptors (Lipinski definition) is 4. The Balaban J connectivity index is 2.39. The lowest BCUT2D eigenvalue weighted by molar-refractivity contribution is -0.394. The van der Waals surface area contributed by atoms with Crippen LogP contribution in [0.2, 0.25) is 5.02 Å². The molecule has 21 heavy (non-hydrogen) atoms. The van der Waals surface area contributed by atoms with E-state index in [1.807, 2.05) is 0 Å². The van der Waals surface area contributed by atoms with Crippen molar-refractivity contribution in [3.8, 4) is 0 Å². The van der Waals surface area contributed by atoms with Crippen molar-refractivity contribution < 1.29 is 9.85 Å². The van der Waals surface area contributed by atoms with Crippen LogP contribution in [0, 0.1) is 20.2 Å². The molecular weight excluding hydrogens is 296 g/mol. The van der Waals surface area contributed by atoms with Crippen LogP contribution in [0.15, 0.2) is 42.5 Å². The first kappa shape index (κ1) is 14.7. The second-order valence-corrected chi connectivity index (χ2v) is 4.58. The molecular formula is C14H9ClN2O4. The minimum Gasteiger partial charge on any atom is -0.258 e. The molecule has 0 fully saturated rings. The highest BCUT2D eigenvalue weighted by Crippen LogP contribution is 2.26. The molecule has 0 spiro atoms. The van der Waals surface area contributed by atoms with Gasteiger partial charge in [-0.15, -0.1) is 0 Å². The van der Waals surface area contributed by atoms with E-state index in [1.165, 1.54) is 18.2 Å². The van der Waals surface area contributed by atoms with Crippen LogP contribution in [0.4, 0.5) is 11.4 Å². The van der Waals surface area contributed by atoms with Gasteiger partial charge in [-0.3, -0.25) is 20.2 Å². The molecule has 0 saturated carbocycles. The number of rotatable bonds is 4. The first-order valence-electron chi connectivity index (χ1n) is 5.84. The summed E-state index contributed by atoms with van der Waals surface area (Å²) < 4.78 is 0. The first-order chi connectivity index (χ1) is 9.97. The van der Waals surface area contributed by atoms with E-state index in [2.05, 4.69) is 0 Å². The van der Waals surface area contributed by atoms with Gasteiger partial charge in [-0.05, 0) is 29.8 Å². The number of benzene rings is 2. The van der Waals surface area contributed by atoms with Gasteiger partial charge in [0.25, 0.3) is 11.4 Å². The summed E-state index contributed by atoms with van der Waals surface area (Å²) >= 11 is 5.85. The van der Waals surface area contributed by atoms with Gasteiger partial charge in [0.2, 0.25) is 0 Å². The van der Waals surface area contributed by atoms with E-state index in [0.29, 0.717) is 5.02 Å². The van der Waals surface area contributed by atoms with Crippen LogP contribution in [0.25, 0.3) is 12.2 Å². The third-order valence-electron chi connectivity index (χ3n) is 2.73. The summed E-state index contributed by atoms with van der Waals surface area (Å²) in [4.78, 5) is 20.3. The number of hydrogen-bond donors (Lipinski definition) is 0. The van der Waals surface area contributed by atoms with Gasteiger partial charge >= 0.3 is 0 Å². The average molecular weight is 305 g/mol. The number of halogens is 1. The summed E-state index contributed by atoms with van der Waals surface area (Å²) in [7, 11) is 0. The summed E-state index contributed by atoms with van der Waals surface area (Å²) in [5, 5.41) is 22.2. The number of nitro benzene ring substituents is 2. The normalized spacial score (nSPS) is 10.7. The fourth-order valence-corrected chi connectivity index (χ4v) is 1.94. The predicted octanol–water partition coefficient (Wildman–Crippen LogP) is 4.33. The van der Waals surface area contributed by atoms with Crippen molar-refractivity contribution in [2.45, 2.75) is 0 Å². The zero-order valence-electron chi connectivity index (χ0n) is 10.6. The molecule has 2 rings (SSSR count). The standard InChI is InChI=1S/C14H9ClN2O4/c15-12-3-1-2-10(8-12)4-5-11-6-7-13(16(18)19)9-14(11)17(20)21/h1-9H/b5-4+. The van der Waals surface area contributed by atoms with Gasteiger partial charge in [-0.1, -0.05) is 29.8 Å². The molecule has 0 saturated heterocycles. The summed E-state index contributed by atoms with van der Waals surface area (Å²) in [5.74, 6) is 0. The van der Waals surface area contributed by atoms with E-state index in [1.54, 1.807) is 30.3 Å². The van der Waals surface area contributed by atoms with E-state index in [0.717, 1.165) is 11.6 Å². The molecule has 0 heterocycles. The van der Waals surface area contributed by atoms with Crippen molar-refractivity contribution in [2.75, 3.05) is 0 Å². The van der Waals surface area contributed by atoms with Crippen LogP contribution < -0.4 is 0 Å². The van der Waals surface area contributed by atoms with Crippen LogP contribution in [-0.4, -0.2) is 9.85 Å². The summed E-state index contributed by atoms with van der Waals surface area (Å²) in [6.45, 7) is 0. The van der Waals surface area contributed by atoms with E-state index in [9.17, 15) is 20.2 Å². The highest BCUT2D eigenvalue weighted by Gasteiger charge is 2.17. The zero-order valence-corrected chi connectivity index (χ0v) is 11.4. The molecule has 0 unspecified atom stereocenters. The highest BCUT2D eigenvalue weighted by atomic mass is 35.5. The second kappa shape index (κ2) is 6.15. The van der Waals surface area contributed by atoms with E-state index >= 15 is 0 Å². The predicted molar refractivity (Wildman–Crippen MR) is 80.1 cm³/mol. The summed E-state index contributed by atoms with van der Waals surface area (Å²) in [6.07, 6.45) is 3.17. The van der Waals surface area contributed by atoms with Crippen LogP contribution in [0.1, 0.15) is 11.1 Å². The minimum atomic E-state index is -0.669. The van der Waals surface area contributed by atoms with Gasteiger partial charge < -0.3 is 0 Å². The van der Waals surface area contributed by atoms with Crippen molar-refractivity contribution in [3.05, 3.63) is 78.8 Å². The average Bonchev–Trinajstić information content (AvgIpc) is 2.44. The molecule has 0 aliphatic carbocycles.